The van der Waals surface area contributed by atoms with E-state index in [1.807, 2.05) is 24.3 Å². The maximum absolute atomic E-state index is 13.7. The number of nitrogens with one attached hydrogen (secondary N) is 2. The first-order valence-corrected chi connectivity index (χ1v) is 15.8. The molecule has 2 aliphatic rings. The predicted molar refractivity (Wildman–Crippen MR) is 183 cm³/mol. The molecule has 9 nitrogen and oxygen atoms in total. The van der Waals surface area contributed by atoms with Gasteiger partial charge in [0.05, 0.1) is 34.4 Å². The van der Waals surface area contributed by atoms with E-state index < -0.39 is 17.7 Å². The van der Waals surface area contributed by atoms with Crippen molar-refractivity contribution in [2.24, 2.45) is 7.05 Å². The molecule has 4 heterocycles. The van der Waals surface area contributed by atoms with Gasteiger partial charge in [-0.15, -0.1) is 11.1 Å². The fraction of sp³-hybridized carbons (Fsp3) is 0.229. The average molecular weight is 747 g/mol. The number of aryl methyl sites for hydroxylation is 2. The molecule has 1 fully saturated rings. The Balaban J connectivity index is 0.000000523. The summed E-state index contributed by atoms with van der Waals surface area (Å²) < 4.78 is 34.0. The van der Waals surface area contributed by atoms with Crippen LogP contribution in [-0.4, -0.2) is 38.8 Å². The summed E-state index contributed by atoms with van der Waals surface area (Å²) in [4.78, 5) is 31.9. The summed E-state index contributed by atoms with van der Waals surface area (Å²) in [5.74, 6) is 0.638. The Hall–Kier alpha value is -4.22. The van der Waals surface area contributed by atoms with E-state index in [1.54, 1.807) is 25.3 Å². The topological polar surface area (TPSA) is 111 Å². The zero-order valence-electron chi connectivity index (χ0n) is 26.4. The number of halogens is 4. The first-order chi connectivity index (χ1) is 23.0. The van der Waals surface area contributed by atoms with Crippen LogP contribution in [0, 0.1) is 13.3 Å². The number of rotatable bonds is 6. The Kier molecular flexibility index (Phi) is 11.1. The van der Waals surface area contributed by atoms with Gasteiger partial charge in [-0.05, 0) is 12.1 Å². The minimum atomic E-state index is -2.85. The molecule has 3 aromatic heterocycles. The Bertz CT molecular complexity index is 2110. The van der Waals surface area contributed by atoms with Crippen molar-refractivity contribution in [3.8, 4) is 28.3 Å². The maximum Gasteiger partial charge on any atom is 2.00 e. The molecule has 2 aromatic carbocycles. The number of hydrogen-bond donors (Lipinski definition) is 2. The second kappa shape index (κ2) is 15.1. The molecule has 1 aliphatic heterocycles. The van der Waals surface area contributed by atoms with Gasteiger partial charge in [0.2, 0.25) is 5.91 Å². The fourth-order valence-corrected chi connectivity index (χ4v) is 6.33. The number of hydrogen-bond acceptors (Lipinski definition) is 7. The van der Waals surface area contributed by atoms with Gasteiger partial charge in [-0.3, -0.25) is 14.6 Å². The Labute approximate surface area is 301 Å². The molecule has 2 N–H and O–H groups in total. The van der Waals surface area contributed by atoms with Crippen molar-refractivity contribution in [3.63, 3.8) is 0 Å². The van der Waals surface area contributed by atoms with Gasteiger partial charge < -0.3 is 22.3 Å². The number of carbonyl (C=O) groups is 1. The molecule has 253 valence electrons. The van der Waals surface area contributed by atoms with E-state index in [1.165, 1.54) is 13.2 Å². The van der Waals surface area contributed by atoms with Crippen LogP contribution in [0.1, 0.15) is 42.5 Å². The number of benzene rings is 2. The molecule has 0 spiro atoms. The normalized spacial score (nSPS) is 14.8. The number of methoxy groups -OCH3 is 1. The number of fused-ring (bicyclic) bond motifs is 2. The number of carbonyl (C=O) groups excluding carboxylic acids is 1. The third-order valence-corrected chi connectivity index (χ3v) is 8.95. The van der Waals surface area contributed by atoms with Crippen LogP contribution in [0.3, 0.4) is 0 Å². The molecule has 0 bridgehead atoms. The molecule has 7 rings (SSSR count). The average Bonchev–Trinajstić information content (AvgIpc) is 3.71. The number of anilines is 2. The molecule has 1 unspecified atom stereocenters. The van der Waals surface area contributed by atoms with Crippen molar-refractivity contribution in [1.82, 2.24) is 25.1 Å². The molecule has 5 aromatic rings. The van der Waals surface area contributed by atoms with Crippen LogP contribution in [0.5, 0.6) is 5.88 Å². The molecule has 1 saturated heterocycles. The smallest absolute Gasteiger partial charge is 0.537 e. The second-order valence-corrected chi connectivity index (χ2v) is 12.1. The van der Waals surface area contributed by atoms with Crippen molar-refractivity contribution < 1.29 is 35.4 Å². The first-order valence-electron chi connectivity index (χ1n) is 15.1. The summed E-state index contributed by atoms with van der Waals surface area (Å²) in [6.45, 7) is 3.66. The third kappa shape index (κ3) is 7.38. The number of pyridine rings is 2. The summed E-state index contributed by atoms with van der Waals surface area (Å²) in [5.41, 5.74) is 4.15. The van der Waals surface area contributed by atoms with Crippen molar-refractivity contribution in [2.45, 2.75) is 38.2 Å². The molecule has 1 amide bonds. The SMILES string of the molecule is COc1nc(-c2cccc(-c3cccc(Nc4nc(C(F)F)cc5cnn(C)c(=O)c45)c3Cl)c2Cl)cc2c1[CH-]CC2.[CH2-]C1CCC(=O)N1.[Mn+2]. The minimum absolute atomic E-state index is 0. The van der Waals surface area contributed by atoms with E-state index >= 15 is 0 Å². The van der Waals surface area contributed by atoms with Crippen LogP contribution >= 0.6 is 23.2 Å². The van der Waals surface area contributed by atoms with Gasteiger partial charge in [-0.1, -0.05) is 84.9 Å². The number of alkyl halides is 2. The van der Waals surface area contributed by atoms with Crippen molar-refractivity contribution in [1.29, 1.82) is 0 Å². The molecule has 1 radical (unpaired) electrons. The van der Waals surface area contributed by atoms with Gasteiger partial charge in [-0.2, -0.15) is 11.5 Å². The quantitative estimate of drug-likeness (QED) is 0.136. The zero-order valence-corrected chi connectivity index (χ0v) is 29.1. The Morgan fingerprint density at radius 2 is 1.78 bits per heavy atom. The number of nitrogens with zero attached hydrogens (tertiary/aromatic N) is 4. The maximum atomic E-state index is 13.7. The van der Waals surface area contributed by atoms with Crippen LogP contribution in [0.25, 0.3) is 33.2 Å². The second-order valence-electron chi connectivity index (χ2n) is 11.3. The van der Waals surface area contributed by atoms with E-state index in [9.17, 15) is 18.4 Å². The monoisotopic (exact) mass is 745 g/mol. The number of aromatic nitrogens is 4. The fourth-order valence-electron chi connectivity index (χ4n) is 5.73. The summed E-state index contributed by atoms with van der Waals surface area (Å²) >= 11 is 13.8. The van der Waals surface area contributed by atoms with Gasteiger partial charge in [0.25, 0.3) is 12.0 Å². The molecular weight excluding hydrogens is 716 g/mol. The van der Waals surface area contributed by atoms with E-state index in [0.29, 0.717) is 45.4 Å². The zero-order chi connectivity index (χ0) is 34.1. The van der Waals surface area contributed by atoms with Crippen molar-refractivity contribution in [2.75, 3.05) is 12.4 Å². The number of ether oxygens (including phenoxy) is 1. The summed E-state index contributed by atoms with van der Waals surface area (Å²) in [7, 11) is 3.06. The predicted octanol–water partition coefficient (Wildman–Crippen LogP) is 7.65. The van der Waals surface area contributed by atoms with E-state index in [4.69, 9.17) is 32.9 Å². The van der Waals surface area contributed by atoms with Crippen molar-refractivity contribution >= 4 is 51.4 Å². The molecular formula is C35H30Cl2F2MnN6O3. The van der Waals surface area contributed by atoms with Crippen LogP contribution < -0.4 is 20.9 Å². The summed E-state index contributed by atoms with van der Waals surface area (Å²) in [5, 5.41) is 10.7. The van der Waals surface area contributed by atoms with E-state index in [2.05, 4.69) is 34.1 Å². The van der Waals surface area contributed by atoms with Crippen LogP contribution in [0.2, 0.25) is 10.0 Å². The summed E-state index contributed by atoms with van der Waals surface area (Å²) in [6, 6.07) is 14.1. The largest absolute Gasteiger partial charge is 2.00 e. The minimum Gasteiger partial charge on any atom is -0.537 e. The van der Waals surface area contributed by atoms with Gasteiger partial charge in [0.1, 0.15) is 17.4 Å². The standard InChI is InChI=1S/C30H22Cl2F2N5O2.C5H8NO.Mn/c1-39-30(40)24-16(14-35-39)13-23(27(33)34)37-28(24)36-21-11-5-9-19(26(21)32)18-8-4-10-20(25(18)31)22-12-15-6-3-7-17(15)29(38-22)41-2;1-4-2-3-5(7)6-4;/h4-5,7-14,27H,3,6H2,1-2H3,(H,36,37);4H,1-3H2,(H,6,7);/q2*-1;+2. The van der Waals surface area contributed by atoms with Gasteiger partial charge in [0, 0.05) is 41.2 Å². The summed E-state index contributed by atoms with van der Waals surface area (Å²) in [6.07, 6.45) is 3.99. The Morgan fingerprint density at radius 1 is 1.06 bits per heavy atom. The van der Waals surface area contributed by atoms with Gasteiger partial charge in [0.15, 0.2) is 0 Å². The van der Waals surface area contributed by atoms with Crippen LogP contribution in [0.4, 0.5) is 20.3 Å². The molecule has 1 aliphatic carbocycles. The molecule has 14 heteroatoms. The van der Waals surface area contributed by atoms with Crippen LogP contribution in [-0.2, 0) is 35.3 Å². The number of amides is 1. The first kappa shape index (κ1) is 36.1. The van der Waals surface area contributed by atoms with E-state index in [-0.39, 0.29) is 50.6 Å². The third-order valence-electron chi connectivity index (χ3n) is 8.14. The Morgan fingerprint density at radius 3 is 2.43 bits per heavy atom. The van der Waals surface area contributed by atoms with Gasteiger partial charge in [-0.25, -0.2) is 18.4 Å². The van der Waals surface area contributed by atoms with E-state index in [0.717, 1.165) is 41.1 Å². The molecule has 49 heavy (non-hydrogen) atoms. The molecule has 1 atom stereocenters. The molecule has 0 saturated carbocycles. The van der Waals surface area contributed by atoms with Gasteiger partial charge >= 0.3 is 17.1 Å². The van der Waals surface area contributed by atoms with Crippen LogP contribution in [0.15, 0.2) is 59.5 Å². The van der Waals surface area contributed by atoms with Crippen molar-refractivity contribution in [3.05, 3.63) is 105 Å².